The minimum Gasteiger partial charge on any atom is -0.350 e. The molecular formula is C9H7FIN. The van der Waals surface area contributed by atoms with Gasteiger partial charge in [0.1, 0.15) is 5.82 Å². The zero-order valence-electron chi connectivity index (χ0n) is 6.49. The molecule has 0 aliphatic heterocycles. The van der Waals surface area contributed by atoms with E-state index >= 15 is 0 Å². The Balaban J connectivity index is 2.89. The highest BCUT2D eigenvalue weighted by Gasteiger charge is 2.04. The van der Waals surface area contributed by atoms with Gasteiger partial charge in [0.15, 0.2) is 0 Å². The maximum absolute atomic E-state index is 13.0. The van der Waals surface area contributed by atoms with Crippen LogP contribution in [0.3, 0.4) is 0 Å². The van der Waals surface area contributed by atoms with Gasteiger partial charge in [0.2, 0.25) is 0 Å². The molecule has 0 saturated heterocycles. The van der Waals surface area contributed by atoms with Crippen molar-refractivity contribution in [1.82, 2.24) is 4.98 Å². The largest absolute Gasteiger partial charge is 0.350 e. The Morgan fingerprint density at radius 1 is 1.42 bits per heavy atom. The van der Waals surface area contributed by atoms with E-state index in [0.29, 0.717) is 5.56 Å². The topological polar surface area (TPSA) is 15.8 Å². The Hall–Kier alpha value is -0.580. The van der Waals surface area contributed by atoms with Crippen LogP contribution in [0.1, 0.15) is 5.56 Å². The molecule has 1 heterocycles. The lowest BCUT2D eigenvalue weighted by atomic mass is 10.1. The molecule has 1 aromatic heterocycles. The first kappa shape index (κ1) is 8.04. The molecule has 2 aromatic rings. The second-order valence-corrected chi connectivity index (χ2v) is 3.92. The summed E-state index contributed by atoms with van der Waals surface area (Å²) >= 11 is 2.18. The highest BCUT2D eigenvalue weighted by atomic mass is 127. The fourth-order valence-corrected chi connectivity index (χ4v) is 1.89. The molecule has 0 aliphatic carbocycles. The number of aromatic nitrogens is 1. The van der Waals surface area contributed by atoms with Crippen LogP contribution in [0.4, 0.5) is 4.39 Å². The van der Waals surface area contributed by atoms with Crippen LogP contribution in [0.2, 0.25) is 0 Å². The molecule has 1 nitrogen and oxygen atoms in total. The maximum Gasteiger partial charge on any atom is 0.128 e. The Morgan fingerprint density at radius 2 is 2.17 bits per heavy atom. The SMILES string of the molecule is Cc1c(F)ccc2cc(I)[nH]c12. The Bertz CT molecular complexity index is 433. The maximum atomic E-state index is 13.0. The second-order valence-electron chi connectivity index (χ2n) is 2.75. The van der Waals surface area contributed by atoms with Gasteiger partial charge in [-0.2, -0.15) is 0 Å². The normalized spacial score (nSPS) is 10.9. The van der Waals surface area contributed by atoms with Crippen LogP contribution >= 0.6 is 22.6 Å². The summed E-state index contributed by atoms with van der Waals surface area (Å²) in [6, 6.07) is 5.29. The molecule has 0 amide bonds. The standard InChI is InChI=1S/C9H7FIN/c1-5-7(10)3-2-6-4-8(11)12-9(5)6/h2-4,12H,1H3. The van der Waals surface area contributed by atoms with Gasteiger partial charge in [0.25, 0.3) is 0 Å². The van der Waals surface area contributed by atoms with E-state index in [0.717, 1.165) is 14.6 Å². The average Bonchev–Trinajstić information content (AvgIpc) is 2.39. The molecule has 0 saturated carbocycles. The van der Waals surface area contributed by atoms with Gasteiger partial charge in [0, 0.05) is 10.9 Å². The number of hydrogen-bond acceptors (Lipinski definition) is 0. The van der Waals surface area contributed by atoms with Gasteiger partial charge in [-0.05, 0) is 47.7 Å². The minimum atomic E-state index is -0.152. The summed E-state index contributed by atoms with van der Waals surface area (Å²) in [6.07, 6.45) is 0. The van der Waals surface area contributed by atoms with Crippen LogP contribution in [0, 0.1) is 16.4 Å². The molecule has 0 aliphatic rings. The van der Waals surface area contributed by atoms with E-state index in [-0.39, 0.29) is 5.82 Å². The van der Waals surface area contributed by atoms with Gasteiger partial charge in [-0.1, -0.05) is 0 Å². The van der Waals surface area contributed by atoms with E-state index in [4.69, 9.17) is 0 Å². The molecule has 1 N–H and O–H groups in total. The van der Waals surface area contributed by atoms with Gasteiger partial charge < -0.3 is 4.98 Å². The summed E-state index contributed by atoms with van der Waals surface area (Å²) in [4.78, 5) is 3.11. The molecule has 0 spiro atoms. The molecule has 1 aromatic carbocycles. The number of aromatic amines is 1. The van der Waals surface area contributed by atoms with Crippen molar-refractivity contribution in [2.75, 3.05) is 0 Å². The van der Waals surface area contributed by atoms with E-state index in [1.54, 1.807) is 13.0 Å². The molecule has 0 fully saturated rings. The minimum absolute atomic E-state index is 0.152. The average molecular weight is 275 g/mol. The fourth-order valence-electron chi connectivity index (χ4n) is 1.29. The van der Waals surface area contributed by atoms with Crippen LogP contribution in [-0.4, -0.2) is 4.98 Å². The first-order valence-corrected chi connectivity index (χ1v) is 4.69. The van der Waals surface area contributed by atoms with Gasteiger partial charge in [-0.15, -0.1) is 0 Å². The van der Waals surface area contributed by atoms with E-state index < -0.39 is 0 Å². The zero-order chi connectivity index (χ0) is 8.72. The van der Waals surface area contributed by atoms with E-state index in [1.165, 1.54) is 6.07 Å². The third-order valence-corrected chi connectivity index (χ3v) is 2.54. The number of hydrogen-bond donors (Lipinski definition) is 1. The number of fused-ring (bicyclic) bond motifs is 1. The van der Waals surface area contributed by atoms with Crippen molar-refractivity contribution in [3.8, 4) is 0 Å². The third kappa shape index (κ3) is 1.12. The van der Waals surface area contributed by atoms with Crippen molar-refractivity contribution >= 4 is 33.5 Å². The summed E-state index contributed by atoms with van der Waals surface area (Å²) in [5.74, 6) is -0.152. The Labute approximate surface area is 83.1 Å². The molecule has 3 heteroatoms. The molecule has 0 unspecified atom stereocenters. The van der Waals surface area contributed by atoms with Crippen LogP contribution in [0.15, 0.2) is 18.2 Å². The van der Waals surface area contributed by atoms with Crippen molar-refractivity contribution in [3.05, 3.63) is 33.3 Å². The number of nitrogens with one attached hydrogen (secondary N) is 1. The Morgan fingerprint density at radius 3 is 2.92 bits per heavy atom. The molecule has 0 bridgehead atoms. The van der Waals surface area contributed by atoms with E-state index in [2.05, 4.69) is 27.6 Å². The number of rotatable bonds is 0. The smallest absolute Gasteiger partial charge is 0.128 e. The van der Waals surface area contributed by atoms with Crippen molar-refractivity contribution in [1.29, 1.82) is 0 Å². The molecule has 62 valence electrons. The first-order valence-electron chi connectivity index (χ1n) is 3.62. The van der Waals surface area contributed by atoms with Crippen molar-refractivity contribution in [2.45, 2.75) is 6.92 Å². The quantitative estimate of drug-likeness (QED) is 0.710. The Kier molecular flexibility index (Phi) is 1.83. The molecule has 0 radical (unpaired) electrons. The number of benzene rings is 1. The van der Waals surface area contributed by atoms with E-state index in [9.17, 15) is 4.39 Å². The lowest BCUT2D eigenvalue weighted by molar-refractivity contribution is 0.620. The van der Waals surface area contributed by atoms with Gasteiger partial charge in [0.05, 0.1) is 9.22 Å². The molecule has 0 atom stereocenters. The number of H-pyrrole nitrogens is 1. The lowest BCUT2D eigenvalue weighted by Crippen LogP contribution is -1.82. The predicted molar refractivity (Wildman–Crippen MR) is 55.7 cm³/mol. The van der Waals surface area contributed by atoms with Crippen LogP contribution < -0.4 is 0 Å². The summed E-state index contributed by atoms with van der Waals surface area (Å²) in [7, 11) is 0. The van der Waals surface area contributed by atoms with Gasteiger partial charge in [-0.25, -0.2) is 4.39 Å². The number of halogens is 2. The molecular weight excluding hydrogens is 268 g/mol. The molecule has 12 heavy (non-hydrogen) atoms. The predicted octanol–water partition coefficient (Wildman–Crippen LogP) is 3.22. The third-order valence-electron chi connectivity index (χ3n) is 1.96. The van der Waals surface area contributed by atoms with Crippen LogP contribution in [0.25, 0.3) is 10.9 Å². The van der Waals surface area contributed by atoms with Crippen LogP contribution in [-0.2, 0) is 0 Å². The van der Waals surface area contributed by atoms with Crippen molar-refractivity contribution in [2.24, 2.45) is 0 Å². The van der Waals surface area contributed by atoms with Crippen molar-refractivity contribution in [3.63, 3.8) is 0 Å². The first-order chi connectivity index (χ1) is 5.68. The van der Waals surface area contributed by atoms with Gasteiger partial charge in [-0.3, -0.25) is 0 Å². The highest BCUT2D eigenvalue weighted by molar-refractivity contribution is 14.1. The lowest BCUT2D eigenvalue weighted by Gasteiger charge is -1.96. The van der Waals surface area contributed by atoms with Crippen molar-refractivity contribution < 1.29 is 4.39 Å². The summed E-state index contributed by atoms with van der Waals surface area (Å²) in [5.41, 5.74) is 1.59. The second kappa shape index (κ2) is 2.73. The fraction of sp³-hybridized carbons (Fsp3) is 0.111. The van der Waals surface area contributed by atoms with E-state index in [1.807, 2.05) is 6.07 Å². The summed E-state index contributed by atoms with van der Waals surface area (Å²) < 4.78 is 14.1. The van der Waals surface area contributed by atoms with Crippen LogP contribution in [0.5, 0.6) is 0 Å². The zero-order valence-corrected chi connectivity index (χ0v) is 8.65. The van der Waals surface area contributed by atoms with Gasteiger partial charge >= 0.3 is 0 Å². The highest BCUT2D eigenvalue weighted by Crippen LogP contribution is 2.21. The summed E-state index contributed by atoms with van der Waals surface area (Å²) in [5, 5.41) is 1.07. The molecule has 2 rings (SSSR count). The monoisotopic (exact) mass is 275 g/mol. The number of aryl methyl sites for hydroxylation is 1. The summed E-state index contributed by atoms with van der Waals surface area (Å²) in [6.45, 7) is 1.78.